The van der Waals surface area contributed by atoms with Crippen molar-refractivity contribution in [1.29, 1.82) is 0 Å². The minimum Gasteiger partial charge on any atom is -0.372 e. The monoisotopic (exact) mass is 306 g/mol. The van der Waals surface area contributed by atoms with Crippen molar-refractivity contribution in [2.75, 3.05) is 13.1 Å². The highest BCUT2D eigenvalue weighted by molar-refractivity contribution is 5.76. The number of carbonyl (C=O) groups is 1. The second-order valence-corrected chi connectivity index (χ2v) is 5.62. The first-order valence-electron chi connectivity index (χ1n) is 7.13. The summed E-state index contributed by atoms with van der Waals surface area (Å²) in [6.07, 6.45) is 1.34. The molecule has 0 radical (unpaired) electrons. The zero-order valence-corrected chi connectivity index (χ0v) is 12.8. The van der Waals surface area contributed by atoms with Crippen LogP contribution in [0.1, 0.15) is 13.8 Å². The van der Waals surface area contributed by atoms with E-state index in [1.165, 1.54) is 15.6 Å². The fourth-order valence-electron chi connectivity index (χ4n) is 2.69. The van der Waals surface area contributed by atoms with Crippen molar-refractivity contribution >= 4 is 17.1 Å². The van der Waals surface area contributed by atoms with E-state index in [-0.39, 0.29) is 35.7 Å². The van der Waals surface area contributed by atoms with E-state index in [0.717, 1.165) is 0 Å². The summed E-state index contributed by atoms with van der Waals surface area (Å²) in [7, 11) is 1.66. The fourth-order valence-corrected chi connectivity index (χ4v) is 2.69. The first-order chi connectivity index (χ1) is 10.5. The maximum Gasteiger partial charge on any atom is 0.283 e. The number of amides is 1. The second-order valence-electron chi connectivity index (χ2n) is 5.62. The maximum atomic E-state index is 12.4. The first-order valence-corrected chi connectivity index (χ1v) is 7.13. The third-order valence-electron chi connectivity index (χ3n) is 3.66. The molecule has 0 unspecified atom stereocenters. The smallest absolute Gasteiger partial charge is 0.283 e. The predicted octanol–water partition coefficient (Wildman–Crippen LogP) is -0.839. The van der Waals surface area contributed by atoms with Crippen molar-refractivity contribution in [2.24, 2.45) is 7.05 Å². The lowest BCUT2D eigenvalue weighted by molar-refractivity contribution is -0.143. The zero-order chi connectivity index (χ0) is 15.9. The van der Waals surface area contributed by atoms with Crippen molar-refractivity contribution in [2.45, 2.75) is 32.6 Å². The Morgan fingerprint density at radius 2 is 2.05 bits per heavy atom. The number of hydrogen-bond donors (Lipinski definition) is 0. The van der Waals surface area contributed by atoms with Gasteiger partial charge in [-0.25, -0.2) is 9.67 Å². The minimum absolute atomic E-state index is 0.00924. The Labute approximate surface area is 126 Å². The van der Waals surface area contributed by atoms with Crippen LogP contribution in [-0.2, 0) is 23.1 Å². The highest BCUT2D eigenvalue weighted by Crippen LogP contribution is 2.11. The van der Waals surface area contributed by atoms with Crippen LogP contribution < -0.4 is 5.56 Å². The molecule has 118 valence electrons. The van der Waals surface area contributed by atoms with Gasteiger partial charge in [-0.3, -0.25) is 14.2 Å². The number of aryl methyl sites for hydroxylation is 1. The van der Waals surface area contributed by atoms with Crippen LogP contribution in [0.2, 0.25) is 0 Å². The van der Waals surface area contributed by atoms with Gasteiger partial charge in [-0.15, -0.1) is 5.10 Å². The molecule has 0 saturated carbocycles. The van der Waals surface area contributed by atoms with E-state index in [0.29, 0.717) is 18.7 Å². The highest BCUT2D eigenvalue weighted by atomic mass is 16.5. The average Bonchev–Trinajstić information content (AvgIpc) is 2.83. The molecule has 1 fully saturated rings. The van der Waals surface area contributed by atoms with Gasteiger partial charge in [0.25, 0.3) is 5.56 Å². The van der Waals surface area contributed by atoms with Gasteiger partial charge in [-0.2, -0.15) is 0 Å². The maximum absolute atomic E-state index is 12.4. The molecule has 1 aliphatic heterocycles. The number of morpholine rings is 1. The summed E-state index contributed by atoms with van der Waals surface area (Å²) < 4.78 is 8.30. The average molecular weight is 306 g/mol. The largest absolute Gasteiger partial charge is 0.372 e. The lowest BCUT2D eigenvalue weighted by Crippen LogP contribution is -2.49. The molecule has 0 N–H and O–H groups in total. The first kappa shape index (κ1) is 14.6. The number of hydrogen-bond acceptors (Lipinski definition) is 6. The quantitative estimate of drug-likeness (QED) is 0.718. The van der Waals surface area contributed by atoms with Gasteiger partial charge in [0.2, 0.25) is 5.91 Å². The Morgan fingerprint density at radius 1 is 1.36 bits per heavy atom. The number of ether oxygens (including phenoxy) is 1. The molecule has 3 heterocycles. The van der Waals surface area contributed by atoms with Gasteiger partial charge >= 0.3 is 0 Å². The number of fused-ring (bicyclic) bond motifs is 1. The standard InChI is InChI=1S/C13H18N6O3/c1-8-4-18(5-9(2)22-8)10(20)6-19-7-14-12-11(13(19)21)15-16-17(12)3/h7-9H,4-6H2,1-3H3/t8-,9-/m0/s1. The van der Waals surface area contributed by atoms with Crippen LogP contribution in [0.25, 0.3) is 11.2 Å². The Morgan fingerprint density at radius 3 is 2.73 bits per heavy atom. The summed E-state index contributed by atoms with van der Waals surface area (Å²) in [5, 5.41) is 7.56. The van der Waals surface area contributed by atoms with Crippen LogP contribution in [0.15, 0.2) is 11.1 Å². The molecule has 22 heavy (non-hydrogen) atoms. The summed E-state index contributed by atoms with van der Waals surface area (Å²) in [5.41, 5.74) is 0.213. The number of nitrogens with zero attached hydrogens (tertiary/aromatic N) is 6. The molecule has 2 aromatic heterocycles. The van der Waals surface area contributed by atoms with Crippen LogP contribution in [0, 0.1) is 0 Å². The van der Waals surface area contributed by atoms with Crippen LogP contribution in [0.5, 0.6) is 0 Å². The van der Waals surface area contributed by atoms with Crippen molar-refractivity contribution in [3.05, 3.63) is 16.7 Å². The van der Waals surface area contributed by atoms with Gasteiger partial charge in [0.1, 0.15) is 12.9 Å². The molecule has 0 bridgehead atoms. The second kappa shape index (κ2) is 5.48. The van der Waals surface area contributed by atoms with Gasteiger partial charge < -0.3 is 9.64 Å². The molecule has 1 saturated heterocycles. The van der Waals surface area contributed by atoms with E-state index < -0.39 is 0 Å². The summed E-state index contributed by atoms with van der Waals surface area (Å²) in [5.74, 6) is -0.130. The molecule has 1 amide bonds. The molecule has 9 heteroatoms. The van der Waals surface area contributed by atoms with Crippen molar-refractivity contribution < 1.29 is 9.53 Å². The fraction of sp³-hybridized carbons (Fsp3) is 0.615. The molecular formula is C13H18N6O3. The van der Waals surface area contributed by atoms with Crippen LogP contribution in [0.4, 0.5) is 0 Å². The third kappa shape index (κ3) is 2.59. The van der Waals surface area contributed by atoms with Gasteiger partial charge in [0, 0.05) is 20.1 Å². The van der Waals surface area contributed by atoms with E-state index in [1.54, 1.807) is 11.9 Å². The lowest BCUT2D eigenvalue weighted by atomic mass is 10.2. The number of rotatable bonds is 2. The normalized spacial score (nSPS) is 22.2. The van der Waals surface area contributed by atoms with Gasteiger partial charge in [-0.1, -0.05) is 5.21 Å². The highest BCUT2D eigenvalue weighted by Gasteiger charge is 2.26. The summed E-state index contributed by atoms with van der Waals surface area (Å²) >= 11 is 0. The number of aromatic nitrogens is 5. The Hall–Kier alpha value is -2.29. The Kier molecular flexibility index (Phi) is 3.65. The van der Waals surface area contributed by atoms with Gasteiger partial charge in [0.05, 0.1) is 12.2 Å². The predicted molar refractivity (Wildman–Crippen MR) is 77.2 cm³/mol. The molecule has 9 nitrogen and oxygen atoms in total. The molecule has 1 aliphatic rings. The molecular weight excluding hydrogens is 288 g/mol. The third-order valence-corrected chi connectivity index (χ3v) is 3.66. The Balaban J connectivity index is 1.82. The van der Waals surface area contributed by atoms with E-state index >= 15 is 0 Å². The zero-order valence-electron chi connectivity index (χ0n) is 12.8. The molecule has 0 aromatic carbocycles. The van der Waals surface area contributed by atoms with Crippen molar-refractivity contribution in [3.63, 3.8) is 0 Å². The van der Waals surface area contributed by atoms with Crippen LogP contribution in [0.3, 0.4) is 0 Å². The van der Waals surface area contributed by atoms with E-state index in [9.17, 15) is 9.59 Å². The van der Waals surface area contributed by atoms with E-state index in [1.807, 2.05) is 13.8 Å². The summed E-state index contributed by atoms with van der Waals surface area (Å²) in [4.78, 5) is 30.5. The lowest BCUT2D eigenvalue weighted by Gasteiger charge is -2.35. The molecule has 0 aliphatic carbocycles. The number of carbonyl (C=O) groups excluding carboxylic acids is 1. The van der Waals surface area contributed by atoms with Crippen molar-refractivity contribution in [3.8, 4) is 0 Å². The van der Waals surface area contributed by atoms with E-state index in [4.69, 9.17) is 4.74 Å². The topological polar surface area (TPSA) is 95.1 Å². The van der Waals surface area contributed by atoms with Crippen molar-refractivity contribution in [1.82, 2.24) is 29.4 Å². The van der Waals surface area contributed by atoms with Gasteiger partial charge in [-0.05, 0) is 13.8 Å². The SMILES string of the molecule is C[C@H]1CN(C(=O)Cn2cnc3c(nnn3C)c2=O)C[C@H](C)O1. The summed E-state index contributed by atoms with van der Waals surface area (Å²) in [6, 6.07) is 0. The molecule has 3 rings (SSSR count). The Bertz CT molecular complexity index is 757. The molecule has 2 aromatic rings. The summed E-state index contributed by atoms with van der Waals surface area (Å²) in [6.45, 7) is 4.85. The molecule has 0 spiro atoms. The minimum atomic E-state index is -0.360. The van der Waals surface area contributed by atoms with E-state index in [2.05, 4.69) is 15.3 Å². The van der Waals surface area contributed by atoms with Crippen LogP contribution >= 0.6 is 0 Å². The van der Waals surface area contributed by atoms with Crippen LogP contribution in [-0.4, -0.2) is 60.6 Å². The van der Waals surface area contributed by atoms with Gasteiger partial charge in [0.15, 0.2) is 11.2 Å². The molecule has 2 atom stereocenters.